The van der Waals surface area contributed by atoms with Crippen molar-refractivity contribution < 1.29 is 29.3 Å². The van der Waals surface area contributed by atoms with Crippen LogP contribution in [0.4, 0.5) is 0 Å². The molecule has 0 aromatic heterocycles. The molecule has 7 heteroatoms. The van der Waals surface area contributed by atoms with Crippen LogP contribution in [0.1, 0.15) is 18.4 Å². The highest BCUT2D eigenvalue weighted by Crippen LogP contribution is 2.31. The quantitative estimate of drug-likeness (QED) is 0.853. The van der Waals surface area contributed by atoms with Crippen LogP contribution in [0.3, 0.4) is 0 Å². The molecule has 1 saturated heterocycles. The molecule has 0 bridgehead atoms. The second-order valence-corrected chi connectivity index (χ2v) is 5.99. The monoisotopic (exact) mass is 333 g/mol. The van der Waals surface area contributed by atoms with Crippen LogP contribution in [0.15, 0.2) is 23.8 Å². The Bertz CT molecular complexity index is 703. The first-order chi connectivity index (χ1) is 11.4. The maximum Gasteiger partial charge on any atom is 0.335 e. The van der Waals surface area contributed by atoms with E-state index in [1.807, 2.05) is 0 Å². The number of aliphatic carboxylic acids is 1. The molecule has 2 aliphatic heterocycles. The molecule has 0 spiro atoms. The van der Waals surface area contributed by atoms with Crippen molar-refractivity contribution in [2.24, 2.45) is 0 Å². The topological polar surface area (TPSA) is 96.3 Å². The van der Waals surface area contributed by atoms with Gasteiger partial charge in [-0.15, -0.1) is 0 Å². The fourth-order valence-electron chi connectivity index (χ4n) is 2.90. The lowest BCUT2D eigenvalue weighted by molar-refractivity contribution is -0.165. The van der Waals surface area contributed by atoms with Crippen LogP contribution in [0, 0.1) is 0 Å². The Hall–Kier alpha value is -2.54. The van der Waals surface area contributed by atoms with Gasteiger partial charge < -0.3 is 24.6 Å². The van der Waals surface area contributed by atoms with E-state index < -0.39 is 11.6 Å². The minimum absolute atomic E-state index is 0.0205. The summed E-state index contributed by atoms with van der Waals surface area (Å²) in [4.78, 5) is 25.2. The molecule has 1 aromatic rings. The SMILES string of the molecule is COc1ccc2c(c1)C=C(C(=O)N1CCC(O)(C(=O)O)CC1)CO2. The molecule has 2 aliphatic rings. The van der Waals surface area contributed by atoms with Crippen molar-refractivity contribution in [3.05, 3.63) is 29.3 Å². The van der Waals surface area contributed by atoms with Crippen molar-refractivity contribution in [2.45, 2.75) is 18.4 Å². The summed E-state index contributed by atoms with van der Waals surface area (Å²) in [5.41, 5.74) is -0.478. The Morgan fingerprint density at radius 2 is 2.00 bits per heavy atom. The molecule has 1 fully saturated rings. The highest BCUT2D eigenvalue weighted by atomic mass is 16.5. The Morgan fingerprint density at radius 1 is 1.29 bits per heavy atom. The number of piperidine rings is 1. The van der Waals surface area contributed by atoms with Crippen LogP contribution in [0.25, 0.3) is 6.08 Å². The van der Waals surface area contributed by atoms with Gasteiger partial charge in [-0.25, -0.2) is 4.79 Å². The number of methoxy groups -OCH3 is 1. The van der Waals surface area contributed by atoms with Gasteiger partial charge in [0.2, 0.25) is 0 Å². The van der Waals surface area contributed by atoms with E-state index in [1.54, 1.807) is 36.3 Å². The summed E-state index contributed by atoms with van der Waals surface area (Å²) in [6.07, 6.45) is 1.81. The first kappa shape index (κ1) is 16.3. The van der Waals surface area contributed by atoms with Crippen molar-refractivity contribution >= 4 is 18.0 Å². The third-order valence-electron chi connectivity index (χ3n) is 4.48. The summed E-state index contributed by atoms with van der Waals surface area (Å²) in [6, 6.07) is 5.37. The molecule has 128 valence electrons. The Kier molecular flexibility index (Phi) is 4.19. The van der Waals surface area contributed by atoms with Gasteiger partial charge in [0.1, 0.15) is 18.1 Å². The van der Waals surface area contributed by atoms with Crippen molar-refractivity contribution in [1.82, 2.24) is 4.90 Å². The van der Waals surface area contributed by atoms with Crippen LogP contribution in [-0.4, -0.2) is 59.4 Å². The molecule has 7 nitrogen and oxygen atoms in total. The summed E-state index contributed by atoms with van der Waals surface area (Å²) >= 11 is 0. The molecule has 0 atom stereocenters. The lowest BCUT2D eigenvalue weighted by Crippen LogP contribution is -2.51. The zero-order valence-corrected chi connectivity index (χ0v) is 13.3. The molecule has 0 unspecified atom stereocenters. The van der Waals surface area contributed by atoms with Crippen LogP contribution < -0.4 is 9.47 Å². The van der Waals surface area contributed by atoms with E-state index in [1.165, 1.54) is 0 Å². The average Bonchev–Trinajstić information content (AvgIpc) is 2.60. The maximum absolute atomic E-state index is 12.6. The molecule has 2 N–H and O–H groups in total. The van der Waals surface area contributed by atoms with Gasteiger partial charge >= 0.3 is 5.97 Å². The number of hydrogen-bond acceptors (Lipinski definition) is 5. The number of nitrogens with zero attached hydrogens (tertiary/aromatic N) is 1. The first-order valence-electron chi connectivity index (χ1n) is 7.69. The summed E-state index contributed by atoms with van der Waals surface area (Å²) in [7, 11) is 1.57. The summed E-state index contributed by atoms with van der Waals surface area (Å²) in [5.74, 6) is -0.0789. The van der Waals surface area contributed by atoms with E-state index in [0.717, 1.165) is 5.56 Å². The second-order valence-electron chi connectivity index (χ2n) is 5.99. The van der Waals surface area contributed by atoms with Gasteiger partial charge in [0.15, 0.2) is 5.60 Å². The number of carbonyl (C=O) groups is 2. The van der Waals surface area contributed by atoms with Crippen molar-refractivity contribution in [3.8, 4) is 11.5 Å². The first-order valence-corrected chi connectivity index (χ1v) is 7.69. The molecule has 0 radical (unpaired) electrons. The van der Waals surface area contributed by atoms with Gasteiger partial charge in [0.05, 0.1) is 12.7 Å². The predicted octanol–water partition coefficient (Wildman–Crippen LogP) is 0.909. The number of ether oxygens (including phenoxy) is 2. The fourth-order valence-corrected chi connectivity index (χ4v) is 2.90. The largest absolute Gasteiger partial charge is 0.497 e. The van der Waals surface area contributed by atoms with Crippen LogP contribution in [0.2, 0.25) is 0 Å². The zero-order chi connectivity index (χ0) is 17.3. The molecule has 3 rings (SSSR count). The van der Waals surface area contributed by atoms with Crippen LogP contribution >= 0.6 is 0 Å². The molecule has 24 heavy (non-hydrogen) atoms. The lowest BCUT2D eigenvalue weighted by atomic mass is 9.91. The Labute approximate surface area is 139 Å². The summed E-state index contributed by atoms with van der Waals surface area (Å²) < 4.78 is 10.8. The highest BCUT2D eigenvalue weighted by Gasteiger charge is 2.40. The van der Waals surface area contributed by atoms with E-state index in [2.05, 4.69) is 0 Å². The number of carbonyl (C=O) groups excluding carboxylic acids is 1. The number of benzene rings is 1. The number of rotatable bonds is 3. The van der Waals surface area contributed by atoms with Crippen molar-refractivity contribution in [2.75, 3.05) is 26.8 Å². The number of carboxylic acids is 1. The van der Waals surface area contributed by atoms with Gasteiger partial charge in [0, 0.05) is 31.5 Å². The minimum Gasteiger partial charge on any atom is -0.497 e. The molecular formula is C17H19NO6. The molecular weight excluding hydrogens is 314 g/mol. The summed E-state index contributed by atoms with van der Waals surface area (Å²) in [5, 5.41) is 19.0. The Morgan fingerprint density at radius 3 is 2.62 bits per heavy atom. The average molecular weight is 333 g/mol. The number of fused-ring (bicyclic) bond motifs is 1. The van der Waals surface area contributed by atoms with Gasteiger partial charge in [0.25, 0.3) is 5.91 Å². The van der Waals surface area contributed by atoms with E-state index in [4.69, 9.17) is 14.6 Å². The number of likely N-dealkylation sites (tertiary alicyclic amines) is 1. The number of carboxylic acid groups (broad SMARTS) is 1. The summed E-state index contributed by atoms with van der Waals surface area (Å²) in [6.45, 7) is 0.561. The third kappa shape index (κ3) is 2.94. The van der Waals surface area contributed by atoms with Crippen molar-refractivity contribution in [1.29, 1.82) is 0 Å². The smallest absolute Gasteiger partial charge is 0.335 e. The van der Waals surface area contributed by atoms with Gasteiger partial charge in [-0.1, -0.05) is 0 Å². The van der Waals surface area contributed by atoms with Gasteiger partial charge in [-0.05, 0) is 24.3 Å². The van der Waals surface area contributed by atoms with E-state index >= 15 is 0 Å². The second kappa shape index (κ2) is 6.16. The molecule has 0 aliphatic carbocycles. The number of amides is 1. The van der Waals surface area contributed by atoms with Gasteiger partial charge in [-0.2, -0.15) is 0 Å². The highest BCUT2D eigenvalue weighted by molar-refractivity contribution is 5.99. The van der Waals surface area contributed by atoms with Crippen LogP contribution in [-0.2, 0) is 9.59 Å². The van der Waals surface area contributed by atoms with Crippen LogP contribution in [0.5, 0.6) is 11.5 Å². The molecule has 1 amide bonds. The third-order valence-corrected chi connectivity index (χ3v) is 4.48. The lowest BCUT2D eigenvalue weighted by Gasteiger charge is -2.36. The molecule has 0 saturated carbocycles. The molecule has 1 aromatic carbocycles. The van der Waals surface area contributed by atoms with E-state index in [9.17, 15) is 14.7 Å². The minimum atomic E-state index is -1.74. The van der Waals surface area contributed by atoms with E-state index in [0.29, 0.717) is 17.1 Å². The standard InChI is InChI=1S/C17H19NO6/c1-23-13-2-3-14-11(9-13)8-12(10-24-14)15(19)18-6-4-17(22,5-7-18)16(20)21/h2-3,8-9,22H,4-7,10H2,1H3,(H,20,21). The normalized spacial score (nSPS) is 18.9. The molecule has 2 heterocycles. The zero-order valence-electron chi connectivity index (χ0n) is 13.3. The van der Waals surface area contributed by atoms with E-state index in [-0.39, 0.29) is 38.4 Å². The fraction of sp³-hybridized carbons (Fsp3) is 0.412. The number of aliphatic hydroxyl groups is 1. The van der Waals surface area contributed by atoms with Gasteiger partial charge in [-0.3, -0.25) is 4.79 Å². The van der Waals surface area contributed by atoms with Crippen molar-refractivity contribution in [3.63, 3.8) is 0 Å². The predicted molar refractivity (Wildman–Crippen MR) is 84.9 cm³/mol. The number of hydrogen-bond donors (Lipinski definition) is 2. The maximum atomic E-state index is 12.6. The Balaban J connectivity index is 1.74.